The Morgan fingerprint density at radius 1 is 0.920 bits per heavy atom. The highest BCUT2D eigenvalue weighted by Crippen LogP contribution is 2.34. The molecule has 0 atom stereocenters. The van der Waals surface area contributed by atoms with E-state index >= 15 is 0 Å². The van der Waals surface area contributed by atoms with Gasteiger partial charge in [0.15, 0.2) is 0 Å². The Morgan fingerprint density at radius 2 is 1.64 bits per heavy atom. The molecule has 0 N–H and O–H groups in total. The van der Waals surface area contributed by atoms with Crippen LogP contribution in [-0.2, 0) is 6.18 Å². The second-order valence-corrected chi connectivity index (χ2v) is 5.67. The molecule has 7 heteroatoms. The predicted octanol–water partition coefficient (Wildman–Crippen LogP) is 4.29. The lowest BCUT2D eigenvalue weighted by Crippen LogP contribution is -2.14. The van der Waals surface area contributed by atoms with Crippen LogP contribution in [0.15, 0.2) is 55.0 Å². The van der Waals surface area contributed by atoms with Crippen molar-refractivity contribution in [2.24, 2.45) is 0 Å². The molecule has 0 aliphatic carbocycles. The Labute approximate surface area is 143 Å². The van der Waals surface area contributed by atoms with Crippen molar-refractivity contribution in [2.45, 2.75) is 6.18 Å². The Kier molecular flexibility index (Phi) is 4.39. The van der Waals surface area contributed by atoms with Gasteiger partial charge in [0.1, 0.15) is 12.1 Å². The van der Waals surface area contributed by atoms with Crippen LogP contribution in [0.2, 0.25) is 0 Å². The molecule has 0 bridgehead atoms. The molecular formula is C18H15F3N4. The number of hydrogen-bond acceptors (Lipinski definition) is 4. The molecule has 0 spiro atoms. The van der Waals surface area contributed by atoms with E-state index in [0.29, 0.717) is 11.3 Å². The minimum Gasteiger partial charge on any atom is -0.363 e. The molecule has 0 amide bonds. The van der Waals surface area contributed by atoms with Crippen LogP contribution in [0.25, 0.3) is 22.5 Å². The van der Waals surface area contributed by atoms with Gasteiger partial charge in [-0.3, -0.25) is 0 Å². The summed E-state index contributed by atoms with van der Waals surface area (Å²) < 4.78 is 39.6. The number of benzene rings is 1. The third kappa shape index (κ3) is 3.76. The van der Waals surface area contributed by atoms with Crippen molar-refractivity contribution in [3.8, 4) is 22.5 Å². The molecule has 4 nitrogen and oxygen atoms in total. The maximum absolute atomic E-state index is 13.2. The van der Waals surface area contributed by atoms with Gasteiger partial charge in [0.05, 0.1) is 17.0 Å². The van der Waals surface area contributed by atoms with Gasteiger partial charge >= 0.3 is 6.18 Å². The minimum absolute atomic E-state index is 0.247. The van der Waals surface area contributed by atoms with Crippen molar-refractivity contribution in [2.75, 3.05) is 19.0 Å². The number of hydrogen-bond donors (Lipinski definition) is 0. The monoisotopic (exact) mass is 344 g/mol. The Hall–Kier alpha value is -2.96. The number of aromatic nitrogens is 3. The van der Waals surface area contributed by atoms with E-state index < -0.39 is 11.7 Å². The van der Waals surface area contributed by atoms with Gasteiger partial charge in [-0.1, -0.05) is 18.2 Å². The molecular weight excluding hydrogens is 329 g/mol. The molecule has 0 aliphatic rings. The van der Waals surface area contributed by atoms with Gasteiger partial charge < -0.3 is 4.90 Å². The second-order valence-electron chi connectivity index (χ2n) is 5.67. The van der Waals surface area contributed by atoms with Gasteiger partial charge in [-0.2, -0.15) is 13.2 Å². The smallest absolute Gasteiger partial charge is 0.363 e. The topological polar surface area (TPSA) is 41.9 Å². The highest BCUT2D eigenvalue weighted by atomic mass is 19.4. The van der Waals surface area contributed by atoms with Gasteiger partial charge in [0, 0.05) is 31.4 Å². The standard InChI is InChI=1S/C18H15F3N4/c1-25(2)17-10-14(18(19,20)21)9-16(24-17)13-5-3-4-12(8-13)15-6-7-22-11-23-15/h3-11H,1-2H3. The fourth-order valence-electron chi connectivity index (χ4n) is 2.36. The van der Waals surface area contributed by atoms with E-state index in [0.717, 1.165) is 17.7 Å². The SMILES string of the molecule is CN(C)c1cc(C(F)(F)F)cc(-c2cccc(-c3ccncn3)c2)n1. The van der Waals surface area contributed by atoms with E-state index in [1.54, 1.807) is 49.5 Å². The van der Waals surface area contributed by atoms with E-state index in [-0.39, 0.29) is 11.5 Å². The Bertz CT molecular complexity index is 877. The van der Waals surface area contributed by atoms with Gasteiger partial charge in [-0.25, -0.2) is 15.0 Å². The van der Waals surface area contributed by atoms with Crippen LogP contribution in [-0.4, -0.2) is 29.0 Å². The maximum Gasteiger partial charge on any atom is 0.416 e. The van der Waals surface area contributed by atoms with Crippen molar-refractivity contribution in [1.82, 2.24) is 15.0 Å². The summed E-state index contributed by atoms with van der Waals surface area (Å²) in [7, 11) is 3.31. The number of anilines is 1. The number of halogens is 3. The fourth-order valence-corrected chi connectivity index (χ4v) is 2.36. The molecule has 0 unspecified atom stereocenters. The zero-order valence-corrected chi connectivity index (χ0v) is 13.6. The van der Waals surface area contributed by atoms with Crippen molar-refractivity contribution in [3.63, 3.8) is 0 Å². The summed E-state index contributed by atoms with van der Waals surface area (Å²) in [4.78, 5) is 13.9. The molecule has 128 valence electrons. The first-order valence-corrected chi connectivity index (χ1v) is 7.48. The van der Waals surface area contributed by atoms with Gasteiger partial charge in [-0.15, -0.1) is 0 Å². The Balaban J connectivity index is 2.12. The van der Waals surface area contributed by atoms with Crippen molar-refractivity contribution in [3.05, 3.63) is 60.6 Å². The lowest BCUT2D eigenvalue weighted by Gasteiger charge is -2.16. The average Bonchev–Trinajstić information content (AvgIpc) is 2.61. The molecule has 0 fully saturated rings. The molecule has 0 radical (unpaired) electrons. The van der Waals surface area contributed by atoms with Crippen LogP contribution in [0.5, 0.6) is 0 Å². The van der Waals surface area contributed by atoms with Crippen molar-refractivity contribution in [1.29, 1.82) is 0 Å². The molecule has 2 aromatic heterocycles. The van der Waals surface area contributed by atoms with Crippen LogP contribution in [0.4, 0.5) is 19.0 Å². The summed E-state index contributed by atoms with van der Waals surface area (Å²) in [5.74, 6) is 0.247. The molecule has 0 aliphatic heterocycles. The first-order valence-electron chi connectivity index (χ1n) is 7.48. The quantitative estimate of drug-likeness (QED) is 0.711. The number of pyridine rings is 1. The normalized spacial score (nSPS) is 11.4. The third-order valence-electron chi connectivity index (χ3n) is 3.63. The largest absolute Gasteiger partial charge is 0.416 e. The summed E-state index contributed by atoms with van der Waals surface area (Å²) in [6, 6.07) is 10.9. The lowest BCUT2D eigenvalue weighted by molar-refractivity contribution is -0.137. The van der Waals surface area contributed by atoms with Crippen molar-refractivity contribution >= 4 is 5.82 Å². The number of rotatable bonds is 3. The highest BCUT2D eigenvalue weighted by molar-refractivity contribution is 5.70. The van der Waals surface area contributed by atoms with E-state index in [1.807, 2.05) is 6.07 Å². The molecule has 1 aromatic carbocycles. The average molecular weight is 344 g/mol. The summed E-state index contributed by atoms with van der Waals surface area (Å²) in [6.07, 6.45) is -1.40. The van der Waals surface area contributed by atoms with Crippen LogP contribution < -0.4 is 4.90 Å². The lowest BCUT2D eigenvalue weighted by atomic mass is 10.0. The summed E-state index contributed by atoms with van der Waals surface area (Å²) >= 11 is 0. The van der Waals surface area contributed by atoms with Crippen LogP contribution in [0.1, 0.15) is 5.56 Å². The summed E-state index contributed by atoms with van der Waals surface area (Å²) in [5.41, 5.74) is 1.59. The van der Waals surface area contributed by atoms with Gasteiger partial charge in [0.25, 0.3) is 0 Å². The third-order valence-corrected chi connectivity index (χ3v) is 3.63. The highest BCUT2D eigenvalue weighted by Gasteiger charge is 2.32. The zero-order valence-electron chi connectivity index (χ0n) is 13.6. The van der Waals surface area contributed by atoms with Crippen LogP contribution >= 0.6 is 0 Å². The predicted molar refractivity (Wildman–Crippen MR) is 90.0 cm³/mol. The van der Waals surface area contributed by atoms with Gasteiger partial charge in [-0.05, 0) is 24.3 Å². The molecule has 0 saturated carbocycles. The minimum atomic E-state index is -4.44. The first-order chi connectivity index (χ1) is 11.8. The van der Waals surface area contributed by atoms with Crippen LogP contribution in [0.3, 0.4) is 0 Å². The number of nitrogens with zero attached hydrogens (tertiary/aromatic N) is 4. The molecule has 3 aromatic rings. The molecule has 25 heavy (non-hydrogen) atoms. The molecule has 0 saturated heterocycles. The second kappa shape index (κ2) is 6.51. The summed E-state index contributed by atoms with van der Waals surface area (Å²) in [5, 5.41) is 0. The van der Waals surface area contributed by atoms with E-state index in [9.17, 15) is 13.2 Å². The van der Waals surface area contributed by atoms with Gasteiger partial charge in [0.2, 0.25) is 0 Å². The fraction of sp³-hybridized carbons (Fsp3) is 0.167. The molecule has 2 heterocycles. The van der Waals surface area contributed by atoms with Crippen molar-refractivity contribution < 1.29 is 13.2 Å². The first kappa shape index (κ1) is 16.9. The zero-order chi connectivity index (χ0) is 18.0. The van der Waals surface area contributed by atoms with E-state index in [2.05, 4.69) is 15.0 Å². The summed E-state index contributed by atoms with van der Waals surface area (Å²) in [6.45, 7) is 0. The number of alkyl halides is 3. The van der Waals surface area contributed by atoms with E-state index in [4.69, 9.17) is 0 Å². The molecule has 3 rings (SSSR count). The Morgan fingerprint density at radius 3 is 2.24 bits per heavy atom. The maximum atomic E-state index is 13.2. The van der Waals surface area contributed by atoms with Crippen LogP contribution in [0, 0.1) is 0 Å². The van der Waals surface area contributed by atoms with E-state index in [1.165, 1.54) is 6.33 Å².